The van der Waals surface area contributed by atoms with Gasteiger partial charge in [0, 0.05) is 0 Å². The summed E-state index contributed by atoms with van der Waals surface area (Å²) >= 11 is -1.82. The first-order valence-electron chi connectivity index (χ1n) is 7.66. The second kappa shape index (κ2) is 6.09. The fourth-order valence-corrected chi connectivity index (χ4v) is 4.94. The molecule has 0 unspecified atom stereocenters. The van der Waals surface area contributed by atoms with E-state index in [4.69, 9.17) is 0 Å². The Bertz CT molecular complexity index is 773. The molecule has 1 heterocycles. The summed E-state index contributed by atoms with van der Waals surface area (Å²) in [5.41, 5.74) is 4.75. The number of hydrogen-bond donors (Lipinski definition) is 0. The molecule has 1 nitrogen and oxygen atoms in total. The van der Waals surface area contributed by atoms with Crippen LogP contribution in [-0.2, 0) is 0 Å². The molecule has 0 N–H and O–H groups in total. The Kier molecular flexibility index (Phi) is 4.17. The molecule has 22 heavy (non-hydrogen) atoms. The number of rotatable bonds is 3. The number of pyridine rings is 1. The molecule has 0 spiro atoms. The molecular formula is C20H21GeN. The van der Waals surface area contributed by atoms with Crippen LogP contribution in [0, 0.1) is 0 Å². The maximum atomic E-state index is 4.59. The van der Waals surface area contributed by atoms with Crippen LogP contribution in [0.5, 0.6) is 0 Å². The van der Waals surface area contributed by atoms with Crippen molar-refractivity contribution in [2.45, 2.75) is 17.3 Å². The van der Waals surface area contributed by atoms with Crippen molar-refractivity contribution < 1.29 is 0 Å². The second-order valence-corrected chi connectivity index (χ2v) is 17.3. The molecular weight excluding hydrogens is 327 g/mol. The number of nitrogens with zero attached hydrogens (tertiary/aromatic N) is 1. The summed E-state index contributed by atoms with van der Waals surface area (Å²) in [7, 11) is 0. The van der Waals surface area contributed by atoms with Crippen molar-refractivity contribution in [3.05, 3.63) is 72.9 Å². The Morgan fingerprint density at radius 1 is 0.682 bits per heavy atom. The summed E-state index contributed by atoms with van der Waals surface area (Å²) in [5, 5.41) is 0. The molecule has 0 aliphatic heterocycles. The van der Waals surface area contributed by atoms with Gasteiger partial charge in [0.05, 0.1) is 0 Å². The fourth-order valence-electron chi connectivity index (χ4n) is 2.54. The normalized spacial score (nSPS) is 11.4. The third kappa shape index (κ3) is 3.30. The Morgan fingerprint density at radius 2 is 1.36 bits per heavy atom. The first-order valence-corrected chi connectivity index (χ1v) is 15.0. The van der Waals surface area contributed by atoms with Crippen LogP contribution in [0.4, 0.5) is 0 Å². The summed E-state index contributed by atoms with van der Waals surface area (Å²) in [5.74, 6) is 7.25. The number of aromatic nitrogens is 1. The van der Waals surface area contributed by atoms with Gasteiger partial charge in [-0.2, -0.15) is 0 Å². The van der Waals surface area contributed by atoms with Gasteiger partial charge < -0.3 is 0 Å². The van der Waals surface area contributed by atoms with Gasteiger partial charge >= 0.3 is 135 Å². The molecule has 0 amide bonds. The zero-order valence-electron chi connectivity index (χ0n) is 13.4. The minimum absolute atomic E-state index is 1.08. The molecule has 1 aromatic heterocycles. The summed E-state index contributed by atoms with van der Waals surface area (Å²) < 4.78 is 1.50. The predicted molar refractivity (Wildman–Crippen MR) is 98.1 cm³/mol. The van der Waals surface area contributed by atoms with Gasteiger partial charge in [0.25, 0.3) is 0 Å². The standard InChI is InChI=1S/C20H21GeN/c1-21(2,3)19-12-13-22-20(15-19)18-11-7-10-17(14-18)16-8-5-4-6-9-16/h4-15H,1-3H3. The molecule has 0 saturated carbocycles. The van der Waals surface area contributed by atoms with E-state index < -0.39 is 13.3 Å². The van der Waals surface area contributed by atoms with Crippen molar-refractivity contribution in [1.82, 2.24) is 4.98 Å². The molecule has 0 saturated heterocycles. The van der Waals surface area contributed by atoms with Crippen LogP contribution in [0.3, 0.4) is 0 Å². The molecule has 0 radical (unpaired) electrons. The van der Waals surface area contributed by atoms with E-state index in [1.54, 1.807) is 0 Å². The molecule has 0 aliphatic rings. The van der Waals surface area contributed by atoms with E-state index in [1.165, 1.54) is 21.1 Å². The summed E-state index contributed by atoms with van der Waals surface area (Å²) in [6, 6.07) is 23.6. The summed E-state index contributed by atoms with van der Waals surface area (Å²) in [6.45, 7) is 0. The van der Waals surface area contributed by atoms with Gasteiger partial charge in [-0.3, -0.25) is 0 Å². The maximum absolute atomic E-state index is 4.59. The van der Waals surface area contributed by atoms with Crippen LogP contribution in [0.25, 0.3) is 22.4 Å². The molecule has 2 aromatic carbocycles. The molecule has 3 rings (SSSR count). The number of hydrogen-bond acceptors (Lipinski definition) is 1. The van der Waals surface area contributed by atoms with Crippen molar-refractivity contribution in [2.24, 2.45) is 0 Å². The molecule has 0 fully saturated rings. The quantitative estimate of drug-likeness (QED) is 0.610. The Labute approximate surface area is 135 Å². The van der Waals surface area contributed by atoms with Gasteiger partial charge in [0.1, 0.15) is 0 Å². The fraction of sp³-hybridized carbons (Fsp3) is 0.150. The Balaban J connectivity index is 2.03. The third-order valence-electron chi connectivity index (χ3n) is 3.89. The zero-order chi connectivity index (χ0) is 15.6. The average molecular weight is 348 g/mol. The van der Waals surface area contributed by atoms with Gasteiger partial charge in [-0.05, 0) is 0 Å². The summed E-state index contributed by atoms with van der Waals surface area (Å²) in [6.07, 6.45) is 1.95. The molecule has 2 heteroatoms. The van der Waals surface area contributed by atoms with E-state index >= 15 is 0 Å². The van der Waals surface area contributed by atoms with E-state index in [0.717, 1.165) is 5.69 Å². The summed E-state index contributed by atoms with van der Waals surface area (Å²) in [4.78, 5) is 4.59. The van der Waals surface area contributed by atoms with E-state index in [1.807, 2.05) is 12.3 Å². The predicted octanol–water partition coefficient (Wildman–Crippen LogP) is 4.96. The van der Waals surface area contributed by atoms with Gasteiger partial charge in [0.2, 0.25) is 0 Å². The first-order chi connectivity index (χ1) is 10.5. The zero-order valence-corrected chi connectivity index (χ0v) is 15.5. The van der Waals surface area contributed by atoms with E-state index in [-0.39, 0.29) is 0 Å². The van der Waals surface area contributed by atoms with Crippen LogP contribution in [0.1, 0.15) is 0 Å². The van der Waals surface area contributed by atoms with E-state index in [0.29, 0.717) is 0 Å². The van der Waals surface area contributed by atoms with Crippen LogP contribution in [-0.4, -0.2) is 18.3 Å². The van der Waals surface area contributed by atoms with Crippen molar-refractivity contribution in [2.75, 3.05) is 0 Å². The topological polar surface area (TPSA) is 12.9 Å². The van der Waals surface area contributed by atoms with Crippen molar-refractivity contribution in [3.8, 4) is 22.4 Å². The van der Waals surface area contributed by atoms with Crippen LogP contribution < -0.4 is 4.40 Å². The van der Waals surface area contributed by atoms with Crippen molar-refractivity contribution in [1.29, 1.82) is 0 Å². The molecule has 0 bridgehead atoms. The molecule has 0 atom stereocenters. The van der Waals surface area contributed by atoms with Crippen molar-refractivity contribution in [3.63, 3.8) is 0 Å². The number of benzene rings is 2. The van der Waals surface area contributed by atoms with Crippen LogP contribution in [0.15, 0.2) is 72.9 Å². The molecule has 3 aromatic rings. The monoisotopic (exact) mass is 349 g/mol. The van der Waals surface area contributed by atoms with Gasteiger partial charge in [-0.15, -0.1) is 0 Å². The van der Waals surface area contributed by atoms with Crippen molar-refractivity contribution >= 4 is 17.7 Å². The molecule has 0 aliphatic carbocycles. The van der Waals surface area contributed by atoms with Gasteiger partial charge in [0.15, 0.2) is 0 Å². The van der Waals surface area contributed by atoms with Crippen LogP contribution >= 0.6 is 0 Å². The van der Waals surface area contributed by atoms with Crippen LogP contribution in [0.2, 0.25) is 17.3 Å². The second-order valence-electron chi connectivity index (χ2n) is 6.63. The Hall–Kier alpha value is -1.87. The third-order valence-corrected chi connectivity index (χ3v) is 8.18. The van der Waals surface area contributed by atoms with Gasteiger partial charge in [-0.1, -0.05) is 0 Å². The SMILES string of the molecule is [CH3][Ge]([CH3])([CH3])[c]1ccnc(-c2cccc(-c3ccccc3)c2)c1. The van der Waals surface area contributed by atoms with E-state index in [9.17, 15) is 0 Å². The Morgan fingerprint density at radius 3 is 2.09 bits per heavy atom. The minimum atomic E-state index is -1.82. The molecule has 110 valence electrons. The average Bonchev–Trinajstić information content (AvgIpc) is 2.55. The first kappa shape index (κ1) is 15.0. The van der Waals surface area contributed by atoms with Gasteiger partial charge in [-0.25, -0.2) is 0 Å². The van der Waals surface area contributed by atoms with E-state index in [2.05, 4.69) is 82.9 Å².